The van der Waals surface area contributed by atoms with E-state index in [0.717, 1.165) is 6.08 Å². The van der Waals surface area contributed by atoms with Gasteiger partial charge in [0.1, 0.15) is 11.6 Å². The molecule has 1 rings (SSSR count). The molecule has 0 aliphatic carbocycles. The van der Waals surface area contributed by atoms with E-state index in [1.807, 2.05) is 20.8 Å². The highest BCUT2D eigenvalue weighted by Crippen LogP contribution is 2.33. The van der Waals surface area contributed by atoms with Crippen LogP contribution in [0.4, 0.5) is 0 Å². The third-order valence-corrected chi connectivity index (χ3v) is 3.58. The van der Waals surface area contributed by atoms with Gasteiger partial charge >= 0.3 is 11.9 Å². The average molecular weight is 351 g/mol. The number of nitrogens with one attached hydrogen (secondary N) is 1. The minimum Gasteiger partial charge on any atom is -0.478 e. The standard InChI is InChI=1S/C18H25NO6/c1-12(2)16(19-13(3)20)17(23)25-14(18(4)11-24-18)9-7-5-6-8-10-15(21)22/h5-10,12,14,16H,11H2,1-4H3,(H,19,20)(H,21,22). The van der Waals surface area contributed by atoms with E-state index in [1.165, 1.54) is 13.0 Å². The molecule has 3 unspecified atom stereocenters. The van der Waals surface area contributed by atoms with Crippen molar-refractivity contribution in [2.45, 2.75) is 45.4 Å². The minimum absolute atomic E-state index is 0.116. The highest BCUT2D eigenvalue weighted by atomic mass is 16.6. The molecule has 0 bridgehead atoms. The molecular weight excluding hydrogens is 326 g/mol. The Labute approximate surface area is 147 Å². The van der Waals surface area contributed by atoms with Crippen molar-refractivity contribution < 1.29 is 29.0 Å². The number of aliphatic carboxylic acids is 1. The molecule has 2 N–H and O–H groups in total. The topological polar surface area (TPSA) is 105 Å². The number of carboxylic acids is 1. The van der Waals surface area contributed by atoms with E-state index in [4.69, 9.17) is 14.6 Å². The van der Waals surface area contributed by atoms with E-state index in [0.29, 0.717) is 6.61 Å². The van der Waals surface area contributed by atoms with Crippen molar-refractivity contribution in [1.29, 1.82) is 0 Å². The van der Waals surface area contributed by atoms with Gasteiger partial charge in [0.2, 0.25) is 5.91 Å². The fraction of sp³-hybridized carbons (Fsp3) is 0.500. The van der Waals surface area contributed by atoms with Gasteiger partial charge < -0.3 is 19.9 Å². The minimum atomic E-state index is -1.03. The molecule has 1 saturated heterocycles. The number of carbonyl (C=O) groups is 3. The molecule has 1 fully saturated rings. The Balaban J connectivity index is 2.75. The monoisotopic (exact) mass is 351 g/mol. The number of amides is 1. The molecule has 3 atom stereocenters. The Bertz CT molecular complexity index is 586. The highest BCUT2D eigenvalue weighted by molar-refractivity contribution is 5.83. The lowest BCUT2D eigenvalue weighted by Gasteiger charge is -2.24. The van der Waals surface area contributed by atoms with Gasteiger partial charge in [-0.1, -0.05) is 38.2 Å². The van der Waals surface area contributed by atoms with E-state index >= 15 is 0 Å². The first-order valence-electron chi connectivity index (χ1n) is 8.01. The summed E-state index contributed by atoms with van der Waals surface area (Å²) in [4.78, 5) is 34.0. The van der Waals surface area contributed by atoms with Crippen LogP contribution in [0.15, 0.2) is 36.5 Å². The molecule has 0 radical (unpaired) electrons. The van der Waals surface area contributed by atoms with E-state index < -0.39 is 29.7 Å². The number of carboxylic acid groups (broad SMARTS) is 1. The van der Waals surface area contributed by atoms with E-state index in [9.17, 15) is 14.4 Å². The van der Waals surface area contributed by atoms with Crippen LogP contribution in [-0.2, 0) is 23.9 Å². The van der Waals surface area contributed by atoms with Crippen LogP contribution in [0.25, 0.3) is 0 Å². The van der Waals surface area contributed by atoms with Gasteiger partial charge in [-0.05, 0) is 18.9 Å². The Morgan fingerprint density at radius 2 is 1.80 bits per heavy atom. The smallest absolute Gasteiger partial charge is 0.329 e. The summed E-state index contributed by atoms with van der Waals surface area (Å²) in [6.07, 6.45) is 8.28. The summed E-state index contributed by atoms with van der Waals surface area (Å²) in [7, 11) is 0. The van der Waals surface area contributed by atoms with Crippen molar-refractivity contribution in [3.8, 4) is 0 Å². The van der Waals surface area contributed by atoms with Crippen molar-refractivity contribution in [2.75, 3.05) is 6.61 Å². The van der Waals surface area contributed by atoms with Gasteiger partial charge in [-0.25, -0.2) is 9.59 Å². The predicted octanol–water partition coefficient (Wildman–Crippen LogP) is 1.60. The number of esters is 1. The van der Waals surface area contributed by atoms with Crippen molar-refractivity contribution in [3.63, 3.8) is 0 Å². The average Bonchev–Trinajstić information content (AvgIpc) is 3.25. The van der Waals surface area contributed by atoms with Crippen LogP contribution in [0.5, 0.6) is 0 Å². The second-order valence-electron chi connectivity index (χ2n) is 6.35. The maximum Gasteiger partial charge on any atom is 0.329 e. The second kappa shape index (κ2) is 9.17. The van der Waals surface area contributed by atoms with Gasteiger partial charge in [0.25, 0.3) is 0 Å². The zero-order valence-corrected chi connectivity index (χ0v) is 14.9. The fourth-order valence-electron chi connectivity index (χ4n) is 1.99. The van der Waals surface area contributed by atoms with Crippen molar-refractivity contribution in [1.82, 2.24) is 5.32 Å². The van der Waals surface area contributed by atoms with Crippen LogP contribution in [0.2, 0.25) is 0 Å². The van der Waals surface area contributed by atoms with Crippen LogP contribution in [0.3, 0.4) is 0 Å². The Morgan fingerprint density at radius 1 is 1.20 bits per heavy atom. The van der Waals surface area contributed by atoms with Gasteiger partial charge in [0.05, 0.1) is 6.61 Å². The zero-order valence-electron chi connectivity index (χ0n) is 14.9. The molecule has 1 aliphatic rings. The van der Waals surface area contributed by atoms with Crippen LogP contribution in [0, 0.1) is 5.92 Å². The van der Waals surface area contributed by atoms with E-state index in [-0.39, 0.29) is 11.8 Å². The summed E-state index contributed by atoms with van der Waals surface area (Å²) >= 11 is 0. The largest absolute Gasteiger partial charge is 0.478 e. The van der Waals surface area contributed by atoms with Gasteiger partial charge in [0, 0.05) is 13.0 Å². The molecule has 1 amide bonds. The summed E-state index contributed by atoms with van der Waals surface area (Å²) in [5, 5.41) is 11.1. The molecule has 0 saturated carbocycles. The Hall–Kier alpha value is -2.41. The lowest BCUT2D eigenvalue weighted by atomic mass is 10.0. The molecule has 25 heavy (non-hydrogen) atoms. The van der Waals surface area contributed by atoms with Gasteiger partial charge in [-0.3, -0.25) is 4.79 Å². The van der Waals surface area contributed by atoms with Gasteiger partial charge in [0.15, 0.2) is 6.10 Å². The first-order chi connectivity index (χ1) is 11.7. The summed E-state index contributed by atoms with van der Waals surface area (Å²) in [6.45, 7) is 7.27. The summed E-state index contributed by atoms with van der Waals surface area (Å²) < 4.78 is 10.9. The second-order valence-corrected chi connectivity index (χ2v) is 6.35. The lowest BCUT2D eigenvalue weighted by Crippen LogP contribution is -2.46. The summed E-state index contributed by atoms with van der Waals surface area (Å²) in [5.41, 5.74) is -0.589. The number of rotatable bonds is 9. The summed E-state index contributed by atoms with van der Waals surface area (Å²) in [6, 6.07) is -0.732. The zero-order chi connectivity index (χ0) is 19.0. The molecular formula is C18H25NO6. The molecule has 0 spiro atoms. The Morgan fingerprint density at radius 3 is 2.28 bits per heavy atom. The molecule has 7 heteroatoms. The quantitative estimate of drug-likeness (QED) is 0.283. The van der Waals surface area contributed by atoms with Crippen LogP contribution >= 0.6 is 0 Å². The van der Waals surface area contributed by atoms with Gasteiger partial charge in [-0.2, -0.15) is 0 Å². The number of allylic oxidation sites excluding steroid dienone is 4. The Kier molecular flexibility index (Phi) is 7.57. The van der Waals surface area contributed by atoms with Crippen LogP contribution < -0.4 is 5.32 Å². The highest BCUT2D eigenvalue weighted by Gasteiger charge is 2.49. The number of carbonyl (C=O) groups excluding carboxylic acids is 2. The maximum atomic E-state index is 12.4. The molecule has 7 nitrogen and oxygen atoms in total. The maximum absolute atomic E-state index is 12.4. The number of epoxide rings is 1. The van der Waals surface area contributed by atoms with Crippen LogP contribution in [-0.4, -0.2) is 47.3 Å². The van der Waals surface area contributed by atoms with Crippen molar-refractivity contribution in [2.24, 2.45) is 5.92 Å². The number of ether oxygens (including phenoxy) is 2. The van der Waals surface area contributed by atoms with E-state index in [1.54, 1.807) is 24.3 Å². The molecule has 1 aliphatic heterocycles. The van der Waals surface area contributed by atoms with E-state index in [2.05, 4.69) is 5.32 Å². The first kappa shape index (κ1) is 20.6. The number of hydrogen-bond acceptors (Lipinski definition) is 5. The SMILES string of the molecule is CC(=O)NC(C(=O)OC(C=CC=CC=CC(=O)O)C1(C)CO1)C(C)C. The van der Waals surface area contributed by atoms with Crippen molar-refractivity contribution >= 4 is 17.8 Å². The number of hydrogen-bond donors (Lipinski definition) is 2. The van der Waals surface area contributed by atoms with Crippen molar-refractivity contribution in [3.05, 3.63) is 36.5 Å². The first-order valence-corrected chi connectivity index (χ1v) is 8.01. The third kappa shape index (κ3) is 7.34. The fourth-order valence-corrected chi connectivity index (χ4v) is 1.99. The molecule has 1 heterocycles. The van der Waals surface area contributed by atoms with Gasteiger partial charge in [-0.15, -0.1) is 0 Å². The molecule has 138 valence electrons. The normalized spacial score (nSPS) is 22.4. The lowest BCUT2D eigenvalue weighted by molar-refractivity contribution is -0.154. The predicted molar refractivity (Wildman–Crippen MR) is 91.7 cm³/mol. The molecule has 0 aromatic rings. The van der Waals surface area contributed by atoms with Crippen LogP contribution in [0.1, 0.15) is 27.7 Å². The molecule has 0 aromatic heterocycles. The molecule has 0 aromatic carbocycles. The summed E-state index contributed by atoms with van der Waals surface area (Å²) in [5.74, 6) is -1.97. The third-order valence-electron chi connectivity index (χ3n) is 3.58.